The van der Waals surface area contributed by atoms with E-state index in [1.165, 1.54) is 0 Å². The fourth-order valence-corrected chi connectivity index (χ4v) is 1.92. The Morgan fingerprint density at radius 2 is 1.90 bits per heavy atom. The summed E-state index contributed by atoms with van der Waals surface area (Å²) in [6.07, 6.45) is -4.53. The van der Waals surface area contributed by atoms with E-state index >= 15 is 0 Å². The number of carboxylic acid groups (broad SMARTS) is 1. The first-order valence-corrected chi connectivity index (χ1v) is 6.42. The summed E-state index contributed by atoms with van der Waals surface area (Å²) in [7, 11) is 0. The lowest BCUT2D eigenvalue weighted by atomic mass is 10.0. The van der Waals surface area contributed by atoms with Crippen molar-refractivity contribution in [3.8, 4) is 0 Å². The van der Waals surface area contributed by atoms with Gasteiger partial charge >= 0.3 is 12.1 Å². The van der Waals surface area contributed by atoms with Gasteiger partial charge in [-0.15, -0.1) is 0 Å². The summed E-state index contributed by atoms with van der Waals surface area (Å²) in [5.41, 5.74) is 0.972. The molecule has 0 heterocycles. The van der Waals surface area contributed by atoms with Crippen LogP contribution in [-0.2, 0) is 11.2 Å². The van der Waals surface area contributed by atoms with Crippen LogP contribution in [0.15, 0.2) is 30.3 Å². The predicted octanol–water partition coefficient (Wildman–Crippen LogP) is 3.00. The fourth-order valence-electron chi connectivity index (χ4n) is 1.92. The second-order valence-electron chi connectivity index (χ2n) is 4.64. The van der Waals surface area contributed by atoms with Gasteiger partial charge in [0, 0.05) is 12.6 Å². The monoisotopic (exact) mass is 289 g/mol. The Labute approximate surface area is 115 Å². The fraction of sp³-hybridized carbons (Fsp3) is 0.500. The summed E-state index contributed by atoms with van der Waals surface area (Å²) in [5.74, 6) is -1.02. The van der Waals surface area contributed by atoms with E-state index in [0.717, 1.165) is 5.56 Å². The molecule has 0 bridgehead atoms. The SMILES string of the molecule is O=C(O)CCNC(CCc1ccccc1)CC(F)(F)F. The summed E-state index contributed by atoms with van der Waals surface area (Å²) in [4.78, 5) is 10.4. The molecule has 20 heavy (non-hydrogen) atoms. The lowest BCUT2D eigenvalue weighted by Gasteiger charge is -2.20. The average Bonchev–Trinajstić information content (AvgIpc) is 2.35. The van der Waals surface area contributed by atoms with Gasteiger partial charge in [0.25, 0.3) is 0 Å². The van der Waals surface area contributed by atoms with Crippen molar-refractivity contribution in [2.75, 3.05) is 6.54 Å². The Bertz CT molecular complexity index is 407. The first-order chi connectivity index (χ1) is 9.37. The van der Waals surface area contributed by atoms with Gasteiger partial charge in [-0.05, 0) is 18.4 Å². The summed E-state index contributed by atoms with van der Waals surface area (Å²) in [6.45, 7) is 0.0465. The van der Waals surface area contributed by atoms with Crippen LogP contribution in [0, 0.1) is 0 Å². The quantitative estimate of drug-likeness (QED) is 0.773. The molecule has 1 aromatic rings. The highest BCUT2D eigenvalue weighted by Crippen LogP contribution is 2.23. The first-order valence-electron chi connectivity index (χ1n) is 6.42. The number of halogens is 3. The second-order valence-corrected chi connectivity index (χ2v) is 4.64. The number of hydrogen-bond acceptors (Lipinski definition) is 2. The number of benzene rings is 1. The smallest absolute Gasteiger partial charge is 0.390 e. The molecule has 0 fully saturated rings. The van der Waals surface area contributed by atoms with Crippen molar-refractivity contribution in [2.24, 2.45) is 0 Å². The van der Waals surface area contributed by atoms with Crippen LogP contribution in [0.5, 0.6) is 0 Å². The predicted molar refractivity (Wildman–Crippen MR) is 69.5 cm³/mol. The molecule has 2 N–H and O–H groups in total. The third-order valence-corrected chi connectivity index (χ3v) is 2.87. The molecule has 0 aliphatic heterocycles. The van der Waals surface area contributed by atoms with Gasteiger partial charge in [0.1, 0.15) is 0 Å². The van der Waals surface area contributed by atoms with Crippen LogP contribution in [0.3, 0.4) is 0 Å². The summed E-state index contributed by atoms with van der Waals surface area (Å²) in [6, 6.07) is 8.50. The molecule has 0 saturated carbocycles. The number of alkyl halides is 3. The van der Waals surface area contributed by atoms with Crippen molar-refractivity contribution in [1.29, 1.82) is 0 Å². The molecule has 0 aliphatic carbocycles. The molecule has 1 unspecified atom stereocenters. The van der Waals surface area contributed by atoms with E-state index in [9.17, 15) is 18.0 Å². The normalized spacial score (nSPS) is 13.2. The van der Waals surface area contributed by atoms with E-state index in [0.29, 0.717) is 12.8 Å². The lowest BCUT2D eigenvalue weighted by molar-refractivity contribution is -0.140. The Balaban J connectivity index is 2.47. The Kier molecular flexibility index (Phi) is 6.51. The van der Waals surface area contributed by atoms with Gasteiger partial charge < -0.3 is 10.4 Å². The third-order valence-electron chi connectivity index (χ3n) is 2.87. The van der Waals surface area contributed by atoms with Gasteiger partial charge in [0.2, 0.25) is 0 Å². The minimum Gasteiger partial charge on any atom is -0.481 e. The molecule has 6 heteroatoms. The molecule has 1 rings (SSSR count). The van der Waals surface area contributed by atoms with Crippen LogP contribution < -0.4 is 5.32 Å². The average molecular weight is 289 g/mol. The maximum atomic E-state index is 12.5. The lowest BCUT2D eigenvalue weighted by Crippen LogP contribution is -2.35. The first kappa shape index (κ1) is 16.5. The van der Waals surface area contributed by atoms with Gasteiger partial charge in [0.05, 0.1) is 12.8 Å². The van der Waals surface area contributed by atoms with Crippen LogP contribution >= 0.6 is 0 Å². The van der Waals surface area contributed by atoms with E-state index in [2.05, 4.69) is 5.32 Å². The topological polar surface area (TPSA) is 49.3 Å². The molecule has 0 amide bonds. The highest BCUT2D eigenvalue weighted by atomic mass is 19.4. The van der Waals surface area contributed by atoms with Gasteiger partial charge in [0.15, 0.2) is 0 Å². The van der Waals surface area contributed by atoms with Crippen LogP contribution in [-0.4, -0.2) is 29.8 Å². The van der Waals surface area contributed by atoms with Crippen molar-refractivity contribution in [3.05, 3.63) is 35.9 Å². The minimum absolute atomic E-state index is 0.0465. The third kappa shape index (κ3) is 7.78. The summed E-state index contributed by atoms with van der Waals surface area (Å²) in [5, 5.41) is 11.2. The Morgan fingerprint density at radius 3 is 2.45 bits per heavy atom. The van der Waals surface area contributed by atoms with E-state index < -0.39 is 24.6 Å². The van der Waals surface area contributed by atoms with E-state index in [1.54, 1.807) is 0 Å². The van der Waals surface area contributed by atoms with Crippen molar-refractivity contribution in [3.63, 3.8) is 0 Å². The molecule has 0 radical (unpaired) electrons. The van der Waals surface area contributed by atoms with Crippen molar-refractivity contribution < 1.29 is 23.1 Å². The largest absolute Gasteiger partial charge is 0.481 e. The van der Waals surface area contributed by atoms with Crippen LogP contribution in [0.4, 0.5) is 13.2 Å². The number of carbonyl (C=O) groups is 1. The highest BCUT2D eigenvalue weighted by molar-refractivity contribution is 5.66. The zero-order chi connectivity index (χ0) is 15.0. The molecular weight excluding hydrogens is 271 g/mol. The molecule has 0 saturated heterocycles. The molecule has 0 spiro atoms. The highest BCUT2D eigenvalue weighted by Gasteiger charge is 2.31. The van der Waals surface area contributed by atoms with Gasteiger partial charge in [-0.1, -0.05) is 30.3 Å². The zero-order valence-corrected chi connectivity index (χ0v) is 11.0. The standard InChI is InChI=1S/C14H18F3NO2/c15-14(16,17)10-12(18-9-8-13(19)20)7-6-11-4-2-1-3-5-11/h1-5,12,18H,6-10H2,(H,19,20). The number of carboxylic acids is 1. The summed E-state index contributed by atoms with van der Waals surface area (Å²) >= 11 is 0. The van der Waals surface area contributed by atoms with Crippen molar-refractivity contribution >= 4 is 5.97 Å². The van der Waals surface area contributed by atoms with E-state index in [4.69, 9.17) is 5.11 Å². The maximum Gasteiger partial charge on any atom is 0.390 e. The number of hydrogen-bond donors (Lipinski definition) is 2. The van der Waals surface area contributed by atoms with Crippen LogP contribution in [0.2, 0.25) is 0 Å². The Hall–Kier alpha value is -1.56. The molecular formula is C14H18F3NO2. The Morgan fingerprint density at radius 1 is 1.25 bits per heavy atom. The molecule has 0 aromatic heterocycles. The molecule has 1 atom stereocenters. The number of nitrogens with one attached hydrogen (secondary N) is 1. The van der Waals surface area contributed by atoms with Gasteiger partial charge in [-0.25, -0.2) is 0 Å². The molecule has 3 nitrogen and oxygen atoms in total. The molecule has 0 aliphatic rings. The van der Waals surface area contributed by atoms with E-state index in [-0.39, 0.29) is 13.0 Å². The summed E-state index contributed by atoms with van der Waals surface area (Å²) < 4.78 is 37.4. The van der Waals surface area contributed by atoms with Crippen LogP contribution in [0.1, 0.15) is 24.8 Å². The number of aryl methyl sites for hydroxylation is 1. The maximum absolute atomic E-state index is 12.5. The minimum atomic E-state index is -4.25. The molecule has 112 valence electrons. The molecule has 1 aromatic carbocycles. The van der Waals surface area contributed by atoms with Gasteiger partial charge in [-0.3, -0.25) is 4.79 Å². The van der Waals surface area contributed by atoms with E-state index in [1.807, 2.05) is 30.3 Å². The van der Waals surface area contributed by atoms with Crippen molar-refractivity contribution in [1.82, 2.24) is 5.32 Å². The zero-order valence-electron chi connectivity index (χ0n) is 11.0. The second kappa shape index (κ2) is 7.89. The van der Waals surface area contributed by atoms with Crippen molar-refractivity contribution in [2.45, 2.75) is 37.9 Å². The van der Waals surface area contributed by atoms with Crippen LogP contribution in [0.25, 0.3) is 0 Å². The number of rotatable bonds is 8. The van der Waals surface area contributed by atoms with Gasteiger partial charge in [-0.2, -0.15) is 13.2 Å². The number of aliphatic carboxylic acids is 1.